The zero-order valence-corrected chi connectivity index (χ0v) is 36.0. The molecule has 3 aromatic carbocycles. The van der Waals surface area contributed by atoms with E-state index in [1.54, 1.807) is 0 Å². The minimum atomic E-state index is -0.834. The Morgan fingerprint density at radius 3 is 0.531 bits per heavy atom. The highest BCUT2D eigenvalue weighted by atomic mass is 31.1. The fraction of sp³-hybridized carbons (Fsp3) is 0.571. The Bertz CT molecular complexity index is 1280. The molecule has 0 aliphatic rings. The summed E-state index contributed by atoms with van der Waals surface area (Å²) in [6.07, 6.45) is 0. The largest absolute Gasteiger partial charge is 0.327 e. The lowest BCUT2D eigenvalue weighted by atomic mass is 10.1. The Balaban J connectivity index is 2.49. The lowest BCUT2D eigenvalue weighted by molar-refractivity contribution is -0.884. The average molecular weight is 695 g/mol. The van der Waals surface area contributed by atoms with Crippen LogP contribution in [0.4, 0.5) is 0 Å². The van der Waals surface area contributed by atoms with Gasteiger partial charge in [-0.1, -0.05) is 0 Å². The first-order valence-electron chi connectivity index (χ1n) is 17.9. The van der Waals surface area contributed by atoms with Crippen LogP contribution >= 0.6 is 7.92 Å². The van der Waals surface area contributed by atoms with Gasteiger partial charge in [-0.2, -0.15) is 0 Å². The third kappa shape index (κ3) is 15.3. The van der Waals surface area contributed by atoms with Crippen LogP contribution < -0.4 is 15.9 Å². The van der Waals surface area contributed by atoms with Gasteiger partial charge in [-0.15, -0.1) is 0 Å². The molecule has 0 aromatic heterocycles. The molecule has 0 fully saturated rings. The van der Waals surface area contributed by atoms with E-state index < -0.39 is 7.92 Å². The van der Waals surface area contributed by atoms with Gasteiger partial charge < -0.3 is 26.9 Å². The molecule has 0 heterocycles. The van der Waals surface area contributed by atoms with Gasteiger partial charge in [0.25, 0.3) is 0 Å². The van der Waals surface area contributed by atoms with Crippen LogP contribution in [-0.2, 0) is 39.3 Å². The van der Waals surface area contributed by atoms with Crippen LogP contribution in [0.3, 0.4) is 0 Å². The van der Waals surface area contributed by atoms with Crippen molar-refractivity contribution in [2.24, 2.45) is 0 Å². The van der Waals surface area contributed by atoms with Crippen LogP contribution in [0.5, 0.6) is 0 Å². The van der Waals surface area contributed by atoms with E-state index in [0.717, 1.165) is 66.2 Å². The Labute approximate surface area is 304 Å². The third-order valence-electron chi connectivity index (χ3n) is 7.83. The maximum absolute atomic E-state index is 2.56. The molecule has 6 nitrogen and oxygen atoms in total. The first-order valence-corrected chi connectivity index (χ1v) is 19.3. The fourth-order valence-electron chi connectivity index (χ4n) is 6.90. The van der Waals surface area contributed by atoms with Crippen molar-refractivity contribution in [3.05, 3.63) is 88.0 Å². The number of hydrogen-bond acceptors (Lipinski definition) is 0. The summed E-state index contributed by atoms with van der Waals surface area (Å²) >= 11 is 0. The van der Waals surface area contributed by atoms with E-state index in [0.29, 0.717) is 0 Å². The molecule has 0 amide bonds. The van der Waals surface area contributed by atoms with Gasteiger partial charge in [-0.25, -0.2) is 0 Å². The molecule has 3 rings (SSSR count). The van der Waals surface area contributed by atoms with Crippen molar-refractivity contribution in [2.75, 3.05) is 127 Å². The third-order valence-corrected chi connectivity index (χ3v) is 10.2. The van der Waals surface area contributed by atoms with Crippen molar-refractivity contribution in [1.29, 1.82) is 0 Å². The topological polar surface area (TPSA) is 0 Å². The smallest absolute Gasteiger partial charge is 0.104 e. The Morgan fingerprint density at radius 2 is 0.408 bits per heavy atom. The highest BCUT2D eigenvalue weighted by Crippen LogP contribution is 2.37. The van der Waals surface area contributed by atoms with Gasteiger partial charge in [0.1, 0.15) is 39.3 Å². The van der Waals surface area contributed by atoms with Gasteiger partial charge in [0.05, 0.1) is 127 Å². The van der Waals surface area contributed by atoms with E-state index in [-0.39, 0.29) is 0 Å². The van der Waals surface area contributed by atoms with Gasteiger partial charge >= 0.3 is 0 Å². The van der Waals surface area contributed by atoms with Crippen LogP contribution in [0, 0.1) is 0 Å². The van der Waals surface area contributed by atoms with E-state index in [1.807, 2.05) is 0 Å². The van der Waals surface area contributed by atoms with Gasteiger partial charge in [0.15, 0.2) is 0 Å². The SMILES string of the molecule is C[N+](C)(C)Cc1cc(C[N+](C)(C)C)cc(P(c2cc(C[N+](C)(C)C)cc(C[N+](C)(C)C)c2)c2cc(C[N+](C)(C)C)cc(C[N+](C)(C)C)c2)c1. The first-order chi connectivity index (χ1) is 21.9. The molecule has 49 heavy (non-hydrogen) atoms. The Morgan fingerprint density at radius 1 is 0.265 bits per heavy atom. The predicted octanol–water partition coefficient (Wildman–Crippen LogP) is 4.68. The van der Waals surface area contributed by atoms with Crippen LogP contribution in [0.2, 0.25) is 0 Å². The van der Waals surface area contributed by atoms with Crippen molar-refractivity contribution >= 4 is 23.8 Å². The maximum atomic E-state index is 2.56. The van der Waals surface area contributed by atoms with Crippen molar-refractivity contribution < 1.29 is 26.9 Å². The standard InChI is InChI=1S/C42H75N6P/c1-43(2,3)28-34-19-35(29-44(4,5)6)23-40(22-34)49(41-24-36(30-45(7,8)9)20-37(25-41)31-46(10,11)12)42-26-38(32-47(13,14)15)21-39(27-42)33-48(16,17)18/h19-27H,28-33H2,1-18H3/q+6. The normalized spacial score (nSPS) is 13.8. The Kier molecular flexibility index (Phi) is 12.5. The second-order valence-corrected chi connectivity index (χ2v) is 23.3. The zero-order chi connectivity index (χ0) is 37.4. The molecule has 0 aliphatic carbocycles. The molecule has 0 atom stereocenters. The molecule has 0 saturated heterocycles. The monoisotopic (exact) mass is 695 g/mol. The maximum Gasteiger partial charge on any atom is 0.104 e. The summed E-state index contributed by atoms with van der Waals surface area (Å²) in [5.41, 5.74) is 8.61. The number of hydrogen-bond donors (Lipinski definition) is 0. The minimum Gasteiger partial charge on any atom is -0.327 e. The molecule has 0 spiro atoms. The second-order valence-electron chi connectivity index (χ2n) is 21.0. The van der Waals surface area contributed by atoms with Crippen molar-refractivity contribution in [2.45, 2.75) is 39.3 Å². The van der Waals surface area contributed by atoms with E-state index in [4.69, 9.17) is 0 Å². The quantitative estimate of drug-likeness (QED) is 0.160. The highest BCUT2D eigenvalue weighted by molar-refractivity contribution is 7.79. The molecular weight excluding hydrogens is 619 g/mol. The zero-order valence-electron chi connectivity index (χ0n) is 35.1. The van der Waals surface area contributed by atoms with Crippen molar-refractivity contribution in [1.82, 2.24) is 0 Å². The summed E-state index contributed by atoms with van der Waals surface area (Å²) in [7, 11) is 40.8. The van der Waals surface area contributed by atoms with Crippen LogP contribution in [-0.4, -0.2) is 154 Å². The predicted molar refractivity (Wildman–Crippen MR) is 216 cm³/mol. The van der Waals surface area contributed by atoms with Crippen LogP contribution in [0.1, 0.15) is 33.4 Å². The first kappa shape index (κ1) is 41.3. The van der Waals surface area contributed by atoms with E-state index in [1.165, 1.54) is 49.3 Å². The summed E-state index contributed by atoms with van der Waals surface area (Å²) in [6.45, 7) is 6.02. The average Bonchev–Trinajstić information content (AvgIpc) is 2.77. The molecule has 0 N–H and O–H groups in total. The summed E-state index contributed by atoms with van der Waals surface area (Å²) < 4.78 is 5.44. The summed E-state index contributed by atoms with van der Waals surface area (Å²) in [5, 5.41) is 4.42. The molecule has 0 saturated carbocycles. The van der Waals surface area contributed by atoms with E-state index >= 15 is 0 Å². The fourth-order valence-corrected chi connectivity index (χ4v) is 9.56. The Hall–Kier alpha value is -2.15. The minimum absolute atomic E-state index is 0.834. The van der Waals surface area contributed by atoms with E-state index in [9.17, 15) is 0 Å². The number of nitrogens with zero attached hydrogens (tertiary/aromatic N) is 6. The van der Waals surface area contributed by atoms with Gasteiger partial charge in [-0.3, -0.25) is 0 Å². The molecule has 0 bridgehead atoms. The lowest BCUT2D eigenvalue weighted by Crippen LogP contribution is -2.36. The number of rotatable bonds is 15. The second kappa shape index (κ2) is 14.8. The van der Waals surface area contributed by atoms with Crippen LogP contribution in [0.25, 0.3) is 0 Å². The molecule has 272 valence electrons. The molecule has 0 aliphatic heterocycles. The number of benzene rings is 3. The molecule has 0 unspecified atom stereocenters. The molecule has 7 heteroatoms. The highest BCUT2D eigenvalue weighted by Gasteiger charge is 2.26. The van der Waals surface area contributed by atoms with Crippen LogP contribution in [0.15, 0.2) is 54.6 Å². The van der Waals surface area contributed by atoms with Gasteiger partial charge in [0.2, 0.25) is 0 Å². The summed E-state index contributed by atoms with van der Waals surface area (Å²) in [5.74, 6) is 0. The molecule has 3 aromatic rings. The van der Waals surface area contributed by atoms with Crippen molar-refractivity contribution in [3.63, 3.8) is 0 Å². The molecular formula is C42H75N6P+6. The van der Waals surface area contributed by atoms with Gasteiger partial charge in [0, 0.05) is 33.4 Å². The van der Waals surface area contributed by atoms with Crippen molar-refractivity contribution in [3.8, 4) is 0 Å². The summed E-state index contributed by atoms with van der Waals surface area (Å²) in [6, 6.07) is 22.8. The van der Waals surface area contributed by atoms with E-state index in [2.05, 4.69) is 181 Å². The molecule has 0 radical (unpaired) electrons. The lowest BCUT2D eigenvalue weighted by Gasteiger charge is -2.30. The summed E-state index contributed by atoms with van der Waals surface area (Å²) in [4.78, 5) is 0. The number of quaternary nitrogens is 6. The van der Waals surface area contributed by atoms with Gasteiger partial charge in [-0.05, 0) is 78.4 Å².